The molecule has 1 saturated carbocycles. The van der Waals surface area contributed by atoms with Crippen molar-refractivity contribution in [3.8, 4) is 0 Å². The van der Waals surface area contributed by atoms with Crippen LogP contribution >= 0.6 is 0 Å². The SMILES string of the molecule is CNC(c1ccccc1C1CCC1)C(OC)OC. The summed E-state index contributed by atoms with van der Waals surface area (Å²) in [4.78, 5) is 0. The molecule has 0 heterocycles. The minimum Gasteiger partial charge on any atom is -0.354 e. The highest BCUT2D eigenvalue weighted by atomic mass is 16.7. The molecule has 1 fully saturated rings. The Bertz CT molecular complexity index is 373. The maximum Gasteiger partial charge on any atom is 0.176 e. The Hall–Kier alpha value is -0.900. The number of ether oxygens (including phenoxy) is 2. The molecule has 0 bridgehead atoms. The van der Waals surface area contributed by atoms with Crippen molar-refractivity contribution in [3.63, 3.8) is 0 Å². The molecular formula is C15H23NO2. The van der Waals surface area contributed by atoms with Crippen LogP contribution in [-0.2, 0) is 9.47 Å². The normalized spacial score (nSPS) is 17.8. The van der Waals surface area contributed by atoms with Crippen molar-refractivity contribution in [2.75, 3.05) is 21.3 Å². The first-order valence-electron chi connectivity index (χ1n) is 6.63. The maximum atomic E-state index is 5.41. The molecule has 0 amide bonds. The molecule has 100 valence electrons. The summed E-state index contributed by atoms with van der Waals surface area (Å²) in [5.41, 5.74) is 2.75. The molecule has 2 rings (SSSR count). The second kappa shape index (κ2) is 6.32. The fraction of sp³-hybridized carbons (Fsp3) is 0.600. The van der Waals surface area contributed by atoms with Gasteiger partial charge in [-0.05, 0) is 36.9 Å². The summed E-state index contributed by atoms with van der Waals surface area (Å²) in [5.74, 6) is 0.714. The van der Waals surface area contributed by atoms with Gasteiger partial charge < -0.3 is 14.8 Å². The molecule has 0 aliphatic heterocycles. The van der Waals surface area contributed by atoms with Gasteiger partial charge in [-0.2, -0.15) is 0 Å². The lowest BCUT2D eigenvalue weighted by atomic mass is 9.77. The van der Waals surface area contributed by atoms with Crippen molar-refractivity contribution in [1.29, 1.82) is 0 Å². The average Bonchev–Trinajstić information content (AvgIpc) is 2.35. The molecule has 0 aromatic heterocycles. The molecule has 1 aromatic carbocycles. The molecule has 3 heteroatoms. The van der Waals surface area contributed by atoms with Gasteiger partial charge in [-0.15, -0.1) is 0 Å². The molecule has 1 aliphatic carbocycles. The van der Waals surface area contributed by atoms with Gasteiger partial charge in [-0.3, -0.25) is 0 Å². The minimum absolute atomic E-state index is 0.0804. The van der Waals surface area contributed by atoms with Crippen molar-refractivity contribution in [1.82, 2.24) is 5.32 Å². The molecule has 0 spiro atoms. The largest absolute Gasteiger partial charge is 0.354 e. The number of rotatable bonds is 6. The number of methoxy groups -OCH3 is 2. The van der Waals surface area contributed by atoms with E-state index in [4.69, 9.17) is 9.47 Å². The van der Waals surface area contributed by atoms with E-state index in [1.807, 2.05) is 7.05 Å². The predicted octanol–water partition coefficient (Wildman–Crippen LogP) is 2.83. The van der Waals surface area contributed by atoms with Crippen LogP contribution in [0.4, 0.5) is 0 Å². The van der Waals surface area contributed by atoms with Crippen LogP contribution in [-0.4, -0.2) is 27.6 Å². The zero-order chi connectivity index (χ0) is 13.0. The van der Waals surface area contributed by atoms with E-state index in [0.717, 1.165) is 0 Å². The molecule has 0 saturated heterocycles. The van der Waals surface area contributed by atoms with Crippen LogP contribution in [0.3, 0.4) is 0 Å². The standard InChI is InChI=1S/C15H23NO2/c1-16-14(15(17-2)18-3)13-10-5-4-9-12(13)11-7-6-8-11/h4-5,9-11,14-16H,6-8H2,1-3H3. The third-order valence-electron chi connectivity index (χ3n) is 3.92. The number of benzene rings is 1. The van der Waals surface area contributed by atoms with Gasteiger partial charge in [0.2, 0.25) is 0 Å². The van der Waals surface area contributed by atoms with Crippen LogP contribution in [0.5, 0.6) is 0 Å². The van der Waals surface area contributed by atoms with Crippen LogP contribution in [0.1, 0.15) is 42.3 Å². The van der Waals surface area contributed by atoms with Crippen molar-refractivity contribution in [2.45, 2.75) is 37.5 Å². The van der Waals surface area contributed by atoms with Crippen molar-refractivity contribution in [2.24, 2.45) is 0 Å². The van der Waals surface area contributed by atoms with Crippen molar-refractivity contribution in [3.05, 3.63) is 35.4 Å². The van der Waals surface area contributed by atoms with Gasteiger partial charge in [0.25, 0.3) is 0 Å². The zero-order valence-corrected chi connectivity index (χ0v) is 11.5. The summed E-state index contributed by atoms with van der Waals surface area (Å²) in [6.45, 7) is 0. The Morgan fingerprint density at radius 2 is 1.83 bits per heavy atom. The molecule has 18 heavy (non-hydrogen) atoms. The van der Waals surface area contributed by atoms with Gasteiger partial charge in [0.05, 0.1) is 6.04 Å². The summed E-state index contributed by atoms with van der Waals surface area (Å²) in [5, 5.41) is 3.31. The Kier molecular flexibility index (Phi) is 4.75. The maximum absolute atomic E-state index is 5.41. The van der Waals surface area contributed by atoms with E-state index in [1.54, 1.807) is 14.2 Å². The highest BCUT2D eigenvalue weighted by Gasteiger charge is 2.28. The van der Waals surface area contributed by atoms with Crippen LogP contribution in [0.15, 0.2) is 24.3 Å². The van der Waals surface area contributed by atoms with Crippen LogP contribution in [0.25, 0.3) is 0 Å². The quantitative estimate of drug-likeness (QED) is 0.786. The van der Waals surface area contributed by atoms with E-state index >= 15 is 0 Å². The van der Waals surface area contributed by atoms with E-state index in [1.165, 1.54) is 30.4 Å². The monoisotopic (exact) mass is 249 g/mol. The van der Waals surface area contributed by atoms with Gasteiger partial charge in [0.1, 0.15) is 0 Å². The second-order valence-electron chi connectivity index (χ2n) is 4.86. The number of likely N-dealkylation sites (N-methyl/N-ethyl adjacent to an activating group) is 1. The molecule has 1 atom stereocenters. The Labute approximate surface area is 109 Å². The van der Waals surface area contributed by atoms with Crippen LogP contribution in [0, 0.1) is 0 Å². The molecule has 1 unspecified atom stereocenters. The first kappa shape index (κ1) is 13.5. The molecule has 0 radical (unpaired) electrons. The van der Waals surface area contributed by atoms with E-state index in [0.29, 0.717) is 5.92 Å². The topological polar surface area (TPSA) is 30.5 Å². The predicted molar refractivity (Wildman–Crippen MR) is 72.6 cm³/mol. The fourth-order valence-corrected chi connectivity index (χ4v) is 2.69. The van der Waals surface area contributed by atoms with Gasteiger partial charge in [0, 0.05) is 14.2 Å². The van der Waals surface area contributed by atoms with Crippen LogP contribution < -0.4 is 5.32 Å². The van der Waals surface area contributed by atoms with E-state index in [-0.39, 0.29) is 12.3 Å². The van der Waals surface area contributed by atoms with Gasteiger partial charge in [-0.1, -0.05) is 30.7 Å². The Morgan fingerprint density at radius 1 is 1.17 bits per heavy atom. The van der Waals surface area contributed by atoms with Gasteiger partial charge in [-0.25, -0.2) is 0 Å². The molecule has 1 aromatic rings. The lowest BCUT2D eigenvalue weighted by Crippen LogP contribution is -2.33. The second-order valence-corrected chi connectivity index (χ2v) is 4.86. The molecule has 1 aliphatic rings. The number of nitrogens with one attached hydrogen (secondary N) is 1. The smallest absolute Gasteiger partial charge is 0.176 e. The minimum atomic E-state index is -0.253. The summed E-state index contributed by atoms with van der Waals surface area (Å²) in [6.07, 6.45) is 3.70. The van der Waals surface area contributed by atoms with E-state index < -0.39 is 0 Å². The fourth-order valence-electron chi connectivity index (χ4n) is 2.69. The lowest BCUT2D eigenvalue weighted by Gasteiger charge is -2.32. The van der Waals surface area contributed by atoms with Crippen molar-refractivity contribution >= 4 is 0 Å². The Balaban J connectivity index is 2.29. The lowest BCUT2D eigenvalue weighted by molar-refractivity contribution is -0.123. The van der Waals surface area contributed by atoms with E-state index in [2.05, 4.69) is 29.6 Å². The molecule has 3 nitrogen and oxygen atoms in total. The van der Waals surface area contributed by atoms with E-state index in [9.17, 15) is 0 Å². The average molecular weight is 249 g/mol. The number of hydrogen-bond acceptors (Lipinski definition) is 3. The molecule has 1 N–H and O–H groups in total. The first-order valence-corrected chi connectivity index (χ1v) is 6.63. The summed E-state index contributed by atoms with van der Waals surface area (Å²) < 4.78 is 10.8. The summed E-state index contributed by atoms with van der Waals surface area (Å²) in [7, 11) is 5.32. The summed E-state index contributed by atoms with van der Waals surface area (Å²) in [6, 6.07) is 8.71. The van der Waals surface area contributed by atoms with Crippen molar-refractivity contribution < 1.29 is 9.47 Å². The third kappa shape index (κ3) is 2.58. The first-order chi connectivity index (χ1) is 8.81. The van der Waals surface area contributed by atoms with Gasteiger partial charge in [0.15, 0.2) is 6.29 Å². The Morgan fingerprint density at radius 3 is 2.33 bits per heavy atom. The summed E-state index contributed by atoms with van der Waals surface area (Å²) >= 11 is 0. The highest BCUT2D eigenvalue weighted by Crippen LogP contribution is 2.40. The third-order valence-corrected chi connectivity index (χ3v) is 3.92. The highest BCUT2D eigenvalue weighted by molar-refractivity contribution is 5.34. The number of hydrogen-bond donors (Lipinski definition) is 1. The van der Waals surface area contributed by atoms with Crippen LogP contribution in [0.2, 0.25) is 0 Å². The zero-order valence-electron chi connectivity index (χ0n) is 11.5. The molecular weight excluding hydrogens is 226 g/mol. The van der Waals surface area contributed by atoms with Gasteiger partial charge >= 0.3 is 0 Å².